The molecule has 2 N–H and O–H groups in total. The minimum absolute atomic E-state index is 0.108. The molecule has 142 valence electrons. The van der Waals surface area contributed by atoms with E-state index in [9.17, 15) is 9.59 Å². The molecule has 0 saturated carbocycles. The van der Waals surface area contributed by atoms with Gasteiger partial charge < -0.3 is 14.6 Å². The zero-order valence-electron chi connectivity index (χ0n) is 15.3. The summed E-state index contributed by atoms with van der Waals surface area (Å²) in [5.41, 5.74) is 0. The molecule has 0 saturated heterocycles. The van der Waals surface area contributed by atoms with E-state index in [-0.39, 0.29) is 6.42 Å². The number of furan rings is 1. The molecule has 0 spiro atoms. The highest BCUT2D eigenvalue weighted by atomic mass is 16.4. The zero-order valence-corrected chi connectivity index (χ0v) is 15.3. The third-order valence-electron chi connectivity index (χ3n) is 4.50. The van der Waals surface area contributed by atoms with Crippen LogP contribution in [0.1, 0.15) is 82.7 Å². The number of carbonyl (C=O) groups is 2. The summed E-state index contributed by atoms with van der Waals surface area (Å²) < 4.78 is 5.57. The minimum Gasteiger partial charge on any atom is -0.481 e. The van der Waals surface area contributed by atoms with Gasteiger partial charge in [0.1, 0.15) is 11.5 Å². The molecule has 5 nitrogen and oxygen atoms in total. The summed E-state index contributed by atoms with van der Waals surface area (Å²) in [6.45, 7) is 2.23. The maximum atomic E-state index is 10.9. The van der Waals surface area contributed by atoms with E-state index in [0.717, 1.165) is 25.0 Å². The Labute approximate surface area is 150 Å². The van der Waals surface area contributed by atoms with Crippen molar-refractivity contribution in [1.82, 2.24) is 0 Å². The van der Waals surface area contributed by atoms with Crippen molar-refractivity contribution in [1.29, 1.82) is 0 Å². The number of hydrogen-bond acceptors (Lipinski definition) is 3. The molecular formula is C20H32O5. The van der Waals surface area contributed by atoms with Crippen LogP contribution in [0.15, 0.2) is 16.5 Å². The molecule has 0 fully saturated rings. The lowest BCUT2D eigenvalue weighted by Gasteiger charge is -2.04. The first-order chi connectivity index (χ1) is 12.0. The predicted molar refractivity (Wildman–Crippen MR) is 96.7 cm³/mol. The molecule has 0 unspecified atom stereocenters. The van der Waals surface area contributed by atoms with Crippen molar-refractivity contribution in [2.45, 2.75) is 84.0 Å². The molecule has 0 aliphatic heterocycles. The average Bonchev–Trinajstić information content (AvgIpc) is 3.01. The summed E-state index contributed by atoms with van der Waals surface area (Å²) in [4.78, 5) is 21.8. The first-order valence-corrected chi connectivity index (χ1v) is 9.57. The normalized spacial score (nSPS) is 11.1. The van der Waals surface area contributed by atoms with Crippen molar-refractivity contribution < 1.29 is 24.2 Å². The van der Waals surface area contributed by atoms with Crippen LogP contribution < -0.4 is 0 Å². The third kappa shape index (κ3) is 9.32. The molecule has 1 rings (SSSR count). The second kappa shape index (κ2) is 12.6. The molecule has 1 heterocycles. The third-order valence-corrected chi connectivity index (χ3v) is 4.50. The molecule has 25 heavy (non-hydrogen) atoms. The van der Waals surface area contributed by atoms with Crippen LogP contribution in [0.3, 0.4) is 0 Å². The monoisotopic (exact) mass is 352 g/mol. The Balaban J connectivity index is 2.13. The first kappa shape index (κ1) is 21.3. The van der Waals surface area contributed by atoms with E-state index in [1.54, 1.807) is 6.07 Å². The molecule has 1 aromatic heterocycles. The van der Waals surface area contributed by atoms with Crippen LogP contribution in [-0.4, -0.2) is 22.2 Å². The summed E-state index contributed by atoms with van der Waals surface area (Å²) in [5, 5.41) is 17.8. The van der Waals surface area contributed by atoms with Crippen molar-refractivity contribution in [3.8, 4) is 0 Å². The lowest BCUT2D eigenvalue weighted by Crippen LogP contribution is -2.25. The number of carboxylic acid groups (broad SMARTS) is 2. The minimum atomic E-state index is -1.45. The Morgan fingerprint density at radius 1 is 0.840 bits per heavy atom. The van der Waals surface area contributed by atoms with Crippen molar-refractivity contribution in [2.24, 2.45) is 5.92 Å². The Kier molecular flexibility index (Phi) is 10.7. The highest BCUT2D eigenvalue weighted by Gasteiger charge is 2.27. The van der Waals surface area contributed by atoms with E-state index in [0.29, 0.717) is 5.76 Å². The quantitative estimate of drug-likeness (QED) is 0.340. The summed E-state index contributed by atoms with van der Waals surface area (Å²) in [5.74, 6) is -2.88. The standard InChI is InChI=1S/C20H32O5/c1-2-3-4-5-6-7-8-9-10-11-12-16-13-14-17(25-16)15-18(19(21)22)20(23)24/h13-14,18H,2-12,15H2,1H3,(H,21,22)(H,23,24). The van der Waals surface area contributed by atoms with Gasteiger partial charge in [0.05, 0.1) is 0 Å². The van der Waals surface area contributed by atoms with E-state index < -0.39 is 17.9 Å². The summed E-state index contributed by atoms with van der Waals surface area (Å²) in [6, 6.07) is 3.51. The van der Waals surface area contributed by atoms with E-state index >= 15 is 0 Å². The molecule has 0 bridgehead atoms. The van der Waals surface area contributed by atoms with Crippen LogP contribution in [0.2, 0.25) is 0 Å². The summed E-state index contributed by atoms with van der Waals surface area (Å²) in [7, 11) is 0. The predicted octanol–water partition coefficient (Wildman–Crippen LogP) is 5.07. The Bertz CT molecular complexity index is 492. The maximum Gasteiger partial charge on any atom is 0.318 e. The van der Waals surface area contributed by atoms with Gasteiger partial charge in [-0.05, 0) is 18.6 Å². The van der Waals surface area contributed by atoms with Gasteiger partial charge in [-0.1, -0.05) is 64.7 Å². The van der Waals surface area contributed by atoms with Gasteiger partial charge in [0.2, 0.25) is 0 Å². The van der Waals surface area contributed by atoms with Gasteiger partial charge in [0.25, 0.3) is 0 Å². The SMILES string of the molecule is CCCCCCCCCCCCc1ccc(CC(C(=O)O)C(=O)O)o1. The van der Waals surface area contributed by atoms with Crippen molar-refractivity contribution in [3.05, 3.63) is 23.7 Å². The fraction of sp³-hybridized carbons (Fsp3) is 0.700. The number of hydrogen-bond donors (Lipinski definition) is 2. The number of aryl methyl sites for hydroxylation is 1. The molecule has 5 heteroatoms. The van der Waals surface area contributed by atoms with Crippen molar-refractivity contribution in [2.75, 3.05) is 0 Å². The Hall–Kier alpha value is -1.78. The van der Waals surface area contributed by atoms with E-state index in [1.165, 1.54) is 51.4 Å². The molecule has 0 aliphatic rings. The summed E-state index contributed by atoms with van der Waals surface area (Å²) in [6.07, 6.45) is 13.5. The fourth-order valence-electron chi connectivity index (χ4n) is 2.93. The number of rotatable bonds is 15. The van der Waals surface area contributed by atoms with E-state index in [4.69, 9.17) is 14.6 Å². The topological polar surface area (TPSA) is 87.7 Å². The van der Waals surface area contributed by atoms with Crippen molar-refractivity contribution >= 4 is 11.9 Å². The Morgan fingerprint density at radius 3 is 1.84 bits per heavy atom. The largest absolute Gasteiger partial charge is 0.481 e. The van der Waals surface area contributed by atoms with Gasteiger partial charge in [0.15, 0.2) is 5.92 Å². The number of aliphatic carboxylic acids is 2. The van der Waals surface area contributed by atoms with Gasteiger partial charge in [-0.15, -0.1) is 0 Å². The van der Waals surface area contributed by atoms with Gasteiger partial charge in [-0.2, -0.15) is 0 Å². The van der Waals surface area contributed by atoms with Gasteiger partial charge in [-0.25, -0.2) is 0 Å². The van der Waals surface area contributed by atoms with Crippen LogP contribution in [0.25, 0.3) is 0 Å². The first-order valence-electron chi connectivity index (χ1n) is 9.57. The number of carboxylic acids is 2. The molecule has 0 radical (unpaired) electrons. The highest BCUT2D eigenvalue weighted by molar-refractivity contribution is 5.93. The number of unbranched alkanes of at least 4 members (excludes halogenated alkanes) is 9. The Morgan fingerprint density at radius 2 is 1.32 bits per heavy atom. The summed E-state index contributed by atoms with van der Waals surface area (Å²) >= 11 is 0. The smallest absolute Gasteiger partial charge is 0.318 e. The molecule has 0 aromatic carbocycles. The molecule has 0 atom stereocenters. The molecule has 0 amide bonds. The van der Waals surface area contributed by atoms with Crippen LogP contribution in [0, 0.1) is 5.92 Å². The lowest BCUT2D eigenvalue weighted by molar-refractivity contribution is -0.154. The van der Waals surface area contributed by atoms with E-state index in [2.05, 4.69) is 6.92 Å². The lowest BCUT2D eigenvalue weighted by atomic mass is 10.0. The average molecular weight is 352 g/mol. The van der Waals surface area contributed by atoms with Crippen LogP contribution in [0.5, 0.6) is 0 Å². The second-order valence-corrected chi connectivity index (χ2v) is 6.73. The maximum absolute atomic E-state index is 10.9. The van der Waals surface area contributed by atoms with Gasteiger partial charge >= 0.3 is 11.9 Å². The second-order valence-electron chi connectivity index (χ2n) is 6.73. The zero-order chi connectivity index (χ0) is 18.5. The highest BCUT2D eigenvalue weighted by Crippen LogP contribution is 2.17. The van der Waals surface area contributed by atoms with Crippen LogP contribution in [-0.2, 0) is 22.4 Å². The molecule has 1 aromatic rings. The van der Waals surface area contributed by atoms with Crippen molar-refractivity contribution in [3.63, 3.8) is 0 Å². The van der Waals surface area contributed by atoms with Crippen LogP contribution in [0.4, 0.5) is 0 Å². The molecule has 0 aliphatic carbocycles. The fourth-order valence-corrected chi connectivity index (χ4v) is 2.93. The van der Waals surface area contributed by atoms with Gasteiger partial charge in [-0.3, -0.25) is 9.59 Å². The van der Waals surface area contributed by atoms with E-state index in [1.807, 2.05) is 6.07 Å². The van der Waals surface area contributed by atoms with Gasteiger partial charge in [0, 0.05) is 12.8 Å². The molecular weight excluding hydrogens is 320 g/mol. The van der Waals surface area contributed by atoms with Crippen LogP contribution >= 0.6 is 0 Å².